The van der Waals surface area contributed by atoms with Gasteiger partial charge in [-0.2, -0.15) is 0 Å². The van der Waals surface area contributed by atoms with Gasteiger partial charge in [-0.05, 0) is 25.7 Å². The van der Waals surface area contributed by atoms with E-state index in [0.29, 0.717) is 0 Å². The van der Waals surface area contributed by atoms with Gasteiger partial charge in [0.2, 0.25) is 0 Å². The van der Waals surface area contributed by atoms with Gasteiger partial charge in [0.15, 0.2) is 0 Å². The van der Waals surface area contributed by atoms with Crippen LogP contribution in [0.2, 0.25) is 0 Å². The van der Waals surface area contributed by atoms with Crippen LogP contribution in [0.15, 0.2) is 24.3 Å². The highest BCUT2D eigenvalue weighted by Crippen LogP contribution is 2.12. The van der Waals surface area contributed by atoms with Crippen molar-refractivity contribution in [3.05, 3.63) is 24.3 Å². The maximum absolute atomic E-state index is 2.32. The van der Waals surface area contributed by atoms with Crippen LogP contribution in [0, 0.1) is 5.92 Å². The second-order valence-electron chi connectivity index (χ2n) is 3.19. The lowest BCUT2D eigenvalue weighted by molar-refractivity contribution is 0.499. The first-order valence-corrected chi connectivity index (χ1v) is 5.11. The van der Waals surface area contributed by atoms with Crippen LogP contribution in [0.25, 0.3) is 0 Å². The van der Waals surface area contributed by atoms with E-state index < -0.39 is 0 Å². The van der Waals surface area contributed by atoms with Crippen LogP contribution in [0.3, 0.4) is 0 Å². The van der Waals surface area contributed by atoms with Crippen LogP contribution in [-0.2, 0) is 0 Å². The fourth-order valence-electron chi connectivity index (χ4n) is 1.22. The maximum Gasteiger partial charge on any atom is -0.0169 e. The zero-order valence-corrected chi connectivity index (χ0v) is 8.72. The molecule has 0 nitrogen and oxygen atoms in total. The zero-order valence-electron chi connectivity index (χ0n) is 8.72. The third-order valence-corrected chi connectivity index (χ3v) is 2.30. The summed E-state index contributed by atoms with van der Waals surface area (Å²) in [6.07, 6.45) is 13.8. The summed E-state index contributed by atoms with van der Waals surface area (Å²) in [6.45, 7) is 6.61. The Morgan fingerprint density at radius 2 is 1.67 bits per heavy atom. The molecule has 0 aliphatic heterocycles. The van der Waals surface area contributed by atoms with Gasteiger partial charge in [-0.15, -0.1) is 0 Å². The minimum absolute atomic E-state index is 0.895. The molecule has 0 aromatic carbocycles. The third kappa shape index (κ3) is 6.21. The lowest BCUT2D eigenvalue weighted by atomic mass is 9.99. The van der Waals surface area contributed by atoms with E-state index in [9.17, 15) is 0 Å². The van der Waals surface area contributed by atoms with Crippen molar-refractivity contribution in [1.29, 1.82) is 0 Å². The first kappa shape index (κ1) is 11.5. The van der Waals surface area contributed by atoms with Gasteiger partial charge >= 0.3 is 0 Å². The van der Waals surface area contributed by atoms with Gasteiger partial charge in [-0.3, -0.25) is 0 Å². The Kier molecular flexibility index (Phi) is 8.20. The predicted molar refractivity (Wildman–Crippen MR) is 57.3 cm³/mol. The molecule has 0 bridgehead atoms. The normalized spacial score (nSPS) is 12.3. The Hall–Kier alpha value is -0.520. The SMILES string of the molecule is CC=CCC=CCC(CC)CC. The van der Waals surface area contributed by atoms with Crippen LogP contribution in [0.1, 0.15) is 46.5 Å². The molecule has 0 N–H and O–H groups in total. The second-order valence-corrected chi connectivity index (χ2v) is 3.19. The van der Waals surface area contributed by atoms with Gasteiger partial charge in [0.1, 0.15) is 0 Å². The summed E-state index contributed by atoms with van der Waals surface area (Å²) >= 11 is 0. The highest BCUT2D eigenvalue weighted by atomic mass is 14.0. The van der Waals surface area contributed by atoms with Gasteiger partial charge in [0, 0.05) is 0 Å². The summed E-state index contributed by atoms with van der Waals surface area (Å²) in [4.78, 5) is 0. The summed E-state index contributed by atoms with van der Waals surface area (Å²) in [5, 5.41) is 0. The first-order valence-electron chi connectivity index (χ1n) is 5.11. The summed E-state index contributed by atoms with van der Waals surface area (Å²) in [5.41, 5.74) is 0. The molecule has 12 heavy (non-hydrogen) atoms. The van der Waals surface area contributed by atoms with Gasteiger partial charge in [0.25, 0.3) is 0 Å². The Bertz CT molecular complexity index is 127. The zero-order chi connectivity index (χ0) is 9.23. The molecule has 0 spiro atoms. The third-order valence-electron chi connectivity index (χ3n) is 2.30. The largest absolute Gasteiger partial charge is 0.0914 e. The number of allylic oxidation sites excluding steroid dienone is 4. The highest BCUT2D eigenvalue weighted by molar-refractivity contribution is 4.91. The summed E-state index contributed by atoms with van der Waals surface area (Å²) < 4.78 is 0. The lowest BCUT2D eigenvalue weighted by Crippen LogP contribution is -1.93. The van der Waals surface area contributed by atoms with Crippen LogP contribution >= 0.6 is 0 Å². The Morgan fingerprint density at radius 1 is 1.00 bits per heavy atom. The van der Waals surface area contributed by atoms with E-state index >= 15 is 0 Å². The molecule has 0 heterocycles. The van der Waals surface area contributed by atoms with Crippen molar-refractivity contribution in [2.24, 2.45) is 5.92 Å². The first-order chi connectivity index (χ1) is 5.85. The standard InChI is InChI=1S/C12H22/c1-4-7-8-9-10-11-12(5-2)6-3/h4,7,9-10,12H,5-6,8,11H2,1-3H3. The highest BCUT2D eigenvalue weighted by Gasteiger charge is 1.98. The van der Waals surface area contributed by atoms with E-state index in [1.807, 2.05) is 0 Å². The molecule has 0 aromatic rings. The molecule has 0 rings (SSSR count). The van der Waals surface area contributed by atoms with Crippen LogP contribution < -0.4 is 0 Å². The van der Waals surface area contributed by atoms with Crippen molar-refractivity contribution in [2.75, 3.05) is 0 Å². The van der Waals surface area contributed by atoms with Crippen LogP contribution in [0.4, 0.5) is 0 Å². The molecule has 0 saturated carbocycles. The molecule has 0 aliphatic carbocycles. The average Bonchev–Trinajstić information content (AvgIpc) is 2.11. The molecular formula is C12H22. The smallest absolute Gasteiger partial charge is 0.0169 e. The fraction of sp³-hybridized carbons (Fsp3) is 0.667. The summed E-state index contributed by atoms with van der Waals surface area (Å²) in [7, 11) is 0. The van der Waals surface area contributed by atoms with Crippen molar-refractivity contribution in [2.45, 2.75) is 46.5 Å². The fourth-order valence-corrected chi connectivity index (χ4v) is 1.22. The minimum Gasteiger partial charge on any atom is -0.0914 e. The molecular weight excluding hydrogens is 144 g/mol. The Balaban J connectivity index is 3.44. The Labute approximate surface area is 77.4 Å². The summed E-state index contributed by atoms with van der Waals surface area (Å²) in [5.74, 6) is 0.895. The van der Waals surface area contributed by atoms with Crippen LogP contribution in [0.5, 0.6) is 0 Å². The van der Waals surface area contributed by atoms with E-state index in [2.05, 4.69) is 45.1 Å². The number of hydrogen-bond acceptors (Lipinski definition) is 0. The van der Waals surface area contributed by atoms with Crippen LogP contribution in [-0.4, -0.2) is 0 Å². The second kappa shape index (κ2) is 8.58. The molecule has 70 valence electrons. The van der Waals surface area contributed by atoms with E-state index in [1.54, 1.807) is 0 Å². The topological polar surface area (TPSA) is 0 Å². The Morgan fingerprint density at radius 3 is 2.17 bits per heavy atom. The lowest BCUT2D eigenvalue weighted by Gasteiger charge is -2.07. The molecule has 0 atom stereocenters. The van der Waals surface area contributed by atoms with Crippen molar-refractivity contribution in [3.8, 4) is 0 Å². The molecule has 0 amide bonds. The molecule has 0 unspecified atom stereocenters. The average molecular weight is 166 g/mol. The van der Waals surface area contributed by atoms with Gasteiger partial charge in [-0.25, -0.2) is 0 Å². The van der Waals surface area contributed by atoms with Gasteiger partial charge in [0.05, 0.1) is 0 Å². The molecule has 0 fully saturated rings. The summed E-state index contributed by atoms with van der Waals surface area (Å²) in [6, 6.07) is 0. The number of hydrogen-bond donors (Lipinski definition) is 0. The molecule has 0 heteroatoms. The van der Waals surface area contributed by atoms with Crippen molar-refractivity contribution in [3.63, 3.8) is 0 Å². The number of rotatable bonds is 6. The van der Waals surface area contributed by atoms with E-state index in [1.165, 1.54) is 19.3 Å². The minimum atomic E-state index is 0.895. The van der Waals surface area contributed by atoms with Crippen molar-refractivity contribution < 1.29 is 0 Å². The molecule has 0 saturated heterocycles. The van der Waals surface area contributed by atoms with E-state index in [-0.39, 0.29) is 0 Å². The van der Waals surface area contributed by atoms with Gasteiger partial charge < -0.3 is 0 Å². The van der Waals surface area contributed by atoms with Gasteiger partial charge in [-0.1, -0.05) is 51.0 Å². The molecule has 0 aliphatic rings. The maximum atomic E-state index is 2.32. The van der Waals surface area contributed by atoms with Crippen molar-refractivity contribution in [1.82, 2.24) is 0 Å². The van der Waals surface area contributed by atoms with E-state index in [4.69, 9.17) is 0 Å². The molecule has 0 radical (unpaired) electrons. The predicted octanol–water partition coefficient (Wildman–Crippen LogP) is 4.34. The van der Waals surface area contributed by atoms with Crippen molar-refractivity contribution >= 4 is 0 Å². The quantitative estimate of drug-likeness (QED) is 0.515. The molecule has 0 aromatic heterocycles. The van der Waals surface area contributed by atoms with E-state index in [0.717, 1.165) is 12.3 Å². The monoisotopic (exact) mass is 166 g/mol.